The van der Waals surface area contributed by atoms with Crippen molar-refractivity contribution in [2.75, 3.05) is 11.1 Å². The van der Waals surface area contributed by atoms with Crippen molar-refractivity contribution < 1.29 is 4.79 Å². The van der Waals surface area contributed by atoms with E-state index in [0.29, 0.717) is 0 Å². The van der Waals surface area contributed by atoms with Gasteiger partial charge in [0.15, 0.2) is 0 Å². The highest BCUT2D eigenvalue weighted by atomic mass is 16.1. The maximum absolute atomic E-state index is 12.5. The van der Waals surface area contributed by atoms with Crippen molar-refractivity contribution in [1.29, 1.82) is 0 Å². The van der Waals surface area contributed by atoms with E-state index >= 15 is 0 Å². The number of aryl methyl sites for hydroxylation is 1. The minimum absolute atomic E-state index is 0.196. The molecule has 0 heterocycles. The van der Waals surface area contributed by atoms with Crippen molar-refractivity contribution >= 4 is 17.3 Å². The van der Waals surface area contributed by atoms with Crippen LogP contribution in [0.4, 0.5) is 11.4 Å². The number of hydrogen-bond donors (Lipinski definition) is 2. The predicted octanol–water partition coefficient (Wildman–Crippen LogP) is 4.12. The molecule has 2 saturated carbocycles. The first-order valence-corrected chi connectivity index (χ1v) is 8.30. The van der Waals surface area contributed by atoms with Crippen molar-refractivity contribution in [2.24, 2.45) is 17.8 Å². The summed E-state index contributed by atoms with van der Waals surface area (Å²) in [7, 11) is 0. The number of carbonyl (C=O) groups excluding carboxylic acids is 1. The smallest absolute Gasteiger partial charge is 0.227 e. The van der Waals surface area contributed by atoms with Crippen LogP contribution < -0.4 is 11.1 Å². The van der Waals surface area contributed by atoms with E-state index in [4.69, 9.17) is 5.73 Å². The van der Waals surface area contributed by atoms with Gasteiger partial charge in [-0.05, 0) is 61.8 Å². The first-order chi connectivity index (χ1) is 10.1. The van der Waals surface area contributed by atoms with E-state index in [2.05, 4.69) is 5.32 Å². The maximum atomic E-state index is 12.5. The van der Waals surface area contributed by atoms with Crippen molar-refractivity contribution in [3.8, 4) is 0 Å². The van der Waals surface area contributed by atoms with Gasteiger partial charge in [0.1, 0.15) is 0 Å². The number of amides is 1. The average Bonchev–Trinajstić information content (AvgIpc) is 2.50. The Kier molecular flexibility index (Phi) is 4.18. The van der Waals surface area contributed by atoms with Crippen LogP contribution in [0.3, 0.4) is 0 Å². The number of nitrogens with two attached hydrogens (primary N) is 1. The van der Waals surface area contributed by atoms with E-state index in [0.717, 1.165) is 41.6 Å². The number of hydrogen-bond acceptors (Lipinski definition) is 2. The zero-order valence-electron chi connectivity index (χ0n) is 12.9. The topological polar surface area (TPSA) is 55.1 Å². The van der Waals surface area contributed by atoms with Crippen molar-refractivity contribution in [2.45, 2.75) is 51.9 Å². The molecule has 1 aromatic rings. The standard InChI is InChI=1S/C18H26N2O/c1-12-10-16(8-9-17(12)19)20-18(21)15-7-6-13-4-2-3-5-14(13)11-15/h8-10,13-15H,2-7,11,19H2,1H3,(H,20,21). The van der Waals surface area contributed by atoms with Crippen molar-refractivity contribution in [3.05, 3.63) is 23.8 Å². The Labute approximate surface area is 127 Å². The second-order valence-electron chi connectivity index (χ2n) is 6.88. The summed E-state index contributed by atoms with van der Waals surface area (Å²) in [4.78, 5) is 12.5. The Morgan fingerprint density at radius 1 is 1.14 bits per heavy atom. The second kappa shape index (κ2) is 6.08. The van der Waals surface area contributed by atoms with E-state index in [-0.39, 0.29) is 11.8 Å². The summed E-state index contributed by atoms with van der Waals surface area (Å²) >= 11 is 0. The zero-order chi connectivity index (χ0) is 14.8. The van der Waals surface area contributed by atoms with Gasteiger partial charge >= 0.3 is 0 Å². The normalized spacial score (nSPS) is 28.7. The molecule has 2 aliphatic rings. The van der Waals surface area contributed by atoms with E-state index in [1.165, 1.54) is 32.1 Å². The van der Waals surface area contributed by atoms with E-state index in [1.54, 1.807) is 0 Å². The third kappa shape index (κ3) is 3.22. The second-order valence-corrected chi connectivity index (χ2v) is 6.88. The first-order valence-electron chi connectivity index (χ1n) is 8.30. The van der Waals surface area contributed by atoms with Crippen LogP contribution in [0.2, 0.25) is 0 Å². The van der Waals surface area contributed by atoms with Gasteiger partial charge in [-0.1, -0.05) is 25.7 Å². The number of rotatable bonds is 2. The minimum atomic E-state index is 0.196. The van der Waals surface area contributed by atoms with Crippen molar-refractivity contribution in [3.63, 3.8) is 0 Å². The summed E-state index contributed by atoms with van der Waals surface area (Å²) in [6, 6.07) is 5.72. The summed E-state index contributed by atoms with van der Waals surface area (Å²) in [6.45, 7) is 1.97. The molecule has 21 heavy (non-hydrogen) atoms. The SMILES string of the molecule is Cc1cc(NC(=O)C2CCC3CCCCC3C2)ccc1N. The Bertz CT molecular complexity index is 526. The molecule has 1 amide bonds. The molecule has 3 nitrogen and oxygen atoms in total. The Balaban J connectivity index is 1.61. The molecule has 114 valence electrons. The monoisotopic (exact) mass is 286 g/mol. The zero-order valence-corrected chi connectivity index (χ0v) is 12.9. The number of benzene rings is 1. The third-order valence-corrected chi connectivity index (χ3v) is 5.45. The van der Waals surface area contributed by atoms with Gasteiger partial charge in [0.25, 0.3) is 0 Å². The van der Waals surface area contributed by atoms with Crippen LogP contribution in [0.25, 0.3) is 0 Å². The molecule has 0 spiro atoms. The first kappa shape index (κ1) is 14.4. The summed E-state index contributed by atoms with van der Waals surface area (Å²) < 4.78 is 0. The van der Waals surface area contributed by atoms with Gasteiger partial charge in [-0.3, -0.25) is 4.79 Å². The van der Waals surface area contributed by atoms with Gasteiger partial charge in [0.2, 0.25) is 5.91 Å². The fourth-order valence-electron chi connectivity index (χ4n) is 4.11. The summed E-state index contributed by atoms with van der Waals surface area (Å²) in [5, 5.41) is 3.08. The summed E-state index contributed by atoms with van der Waals surface area (Å²) in [5.41, 5.74) is 8.49. The molecule has 0 aliphatic heterocycles. The molecule has 0 saturated heterocycles. The maximum Gasteiger partial charge on any atom is 0.227 e. The molecule has 0 aromatic heterocycles. The fraction of sp³-hybridized carbons (Fsp3) is 0.611. The molecule has 0 radical (unpaired) electrons. The Morgan fingerprint density at radius 2 is 1.90 bits per heavy atom. The number of nitrogen functional groups attached to an aromatic ring is 1. The van der Waals surface area contributed by atoms with Crippen LogP contribution in [-0.4, -0.2) is 5.91 Å². The highest BCUT2D eigenvalue weighted by Gasteiger charge is 2.34. The lowest BCUT2D eigenvalue weighted by Gasteiger charge is -2.38. The molecule has 0 bridgehead atoms. The van der Waals surface area contributed by atoms with Gasteiger partial charge < -0.3 is 11.1 Å². The predicted molar refractivity (Wildman–Crippen MR) is 87.0 cm³/mol. The van der Waals surface area contributed by atoms with E-state index in [9.17, 15) is 4.79 Å². The number of carbonyl (C=O) groups is 1. The average molecular weight is 286 g/mol. The fourth-order valence-corrected chi connectivity index (χ4v) is 4.11. The van der Waals surface area contributed by atoms with Gasteiger partial charge in [0.05, 0.1) is 0 Å². The highest BCUT2D eigenvalue weighted by Crippen LogP contribution is 2.42. The molecular weight excluding hydrogens is 260 g/mol. The number of nitrogens with one attached hydrogen (secondary N) is 1. The number of fused-ring (bicyclic) bond motifs is 1. The summed E-state index contributed by atoms with van der Waals surface area (Å²) in [5.74, 6) is 2.07. The highest BCUT2D eigenvalue weighted by molar-refractivity contribution is 5.92. The molecule has 3 rings (SSSR count). The quantitative estimate of drug-likeness (QED) is 0.803. The third-order valence-electron chi connectivity index (χ3n) is 5.45. The lowest BCUT2D eigenvalue weighted by Crippen LogP contribution is -2.33. The molecule has 3 atom stereocenters. The van der Waals surface area contributed by atoms with Crippen LogP contribution in [0.5, 0.6) is 0 Å². The van der Waals surface area contributed by atoms with Gasteiger partial charge in [-0.15, -0.1) is 0 Å². The lowest BCUT2D eigenvalue weighted by atomic mass is 9.67. The van der Waals surface area contributed by atoms with Crippen LogP contribution in [0, 0.1) is 24.7 Å². The van der Waals surface area contributed by atoms with Gasteiger partial charge in [0, 0.05) is 17.3 Å². The molecule has 3 heteroatoms. The lowest BCUT2D eigenvalue weighted by molar-refractivity contribution is -0.122. The Morgan fingerprint density at radius 3 is 2.67 bits per heavy atom. The molecule has 1 aromatic carbocycles. The van der Waals surface area contributed by atoms with Crippen LogP contribution in [0.15, 0.2) is 18.2 Å². The van der Waals surface area contributed by atoms with Crippen LogP contribution in [0.1, 0.15) is 50.5 Å². The molecule has 3 unspecified atom stereocenters. The van der Waals surface area contributed by atoms with Crippen LogP contribution in [-0.2, 0) is 4.79 Å². The molecular formula is C18H26N2O. The largest absolute Gasteiger partial charge is 0.399 e. The van der Waals surface area contributed by atoms with E-state index in [1.807, 2.05) is 25.1 Å². The van der Waals surface area contributed by atoms with Crippen LogP contribution >= 0.6 is 0 Å². The van der Waals surface area contributed by atoms with Crippen molar-refractivity contribution in [1.82, 2.24) is 0 Å². The molecule has 2 fully saturated rings. The molecule has 3 N–H and O–H groups in total. The minimum Gasteiger partial charge on any atom is -0.399 e. The number of anilines is 2. The molecule has 2 aliphatic carbocycles. The summed E-state index contributed by atoms with van der Waals surface area (Å²) in [6.07, 6.45) is 8.84. The van der Waals surface area contributed by atoms with E-state index < -0.39 is 0 Å². The Hall–Kier alpha value is -1.51. The van der Waals surface area contributed by atoms with Gasteiger partial charge in [-0.2, -0.15) is 0 Å². The van der Waals surface area contributed by atoms with Gasteiger partial charge in [-0.25, -0.2) is 0 Å².